The summed E-state index contributed by atoms with van der Waals surface area (Å²) in [4.78, 5) is 0. The van der Waals surface area contributed by atoms with Gasteiger partial charge in [-0.3, -0.25) is 0 Å². The van der Waals surface area contributed by atoms with E-state index in [2.05, 4.69) is 45.2 Å². The van der Waals surface area contributed by atoms with E-state index < -0.39 is 20.3 Å². The van der Waals surface area contributed by atoms with Gasteiger partial charge in [0.05, 0.1) is 11.7 Å². The van der Waals surface area contributed by atoms with E-state index in [0.717, 1.165) is 0 Å². The minimum atomic E-state index is -0.682. The standard InChI is InChI=1S/C9H17B2I2O4/c1-6(14)8(4,12)15-10-11-16-7(2,3)9(5,13)17-11/h6,14H,1-5H3. The molecule has 1 rings (SSSR count). The van der Waals surface area contributed by atoms with Crippen molar-refractivity contribution in [3.05, 3.63) is 0 Å². The molecule has 97 valence electrons. The summed E-state index contributed by atoms with van der Waals surface area (Å²) in [5, 5.41) is 9.52. The molecule has 1 radical (unpaired) electrons. The van der Waals surface area contributed by atoms with Gasteiger partial charge < -0.3 is 19.1 Å². The Kier molecular flexibility index (Phi) is 5.27. The molecule has 8 heteroatoms. The molecule has 1 heterocycles. The molecular formula is C9H17B2I2O4. The lowest BCUT2D eigenvalue weighted by atomic mass is 9.56. The highest BCUT2D eigenvalue weighted by Gasteiger charge is 2.53. The monoisotopic (exact) mass is 465 g/mol. The second kappa shape index (κ2) is 5.43. The second-order valence-electron chi connectivity index (χ2n) is 4.95. The summed E-state index contributed by atoms with van der Waals surface area (Å²) in [5.74, 6) is 0. The van der Waals surface area contributed by atoms with Crippen LogP contribution < -0.4 is 0 Å². The number of hydrogen-bond acceptors (Lipinski definition) is 4. The van der Waals surface area contributed by atoms with Crippen molar-refractivity contribution in [2.75, 3.05) is 0 Å². The number of hydrogen-bond donors (Lipinski definition) is 1. The molecule has 0 aromatic heterocycles. The van der Waals surface area contributed by atoms with Crippen LogP contribution in [0.3, 0.4) is 0 Å². The van der Waals surface area contributed by atoms with Crippen LogP contribution in [0.15, 0.2) is 0 Å². The molecule has 0 aromatic rings. The minimum absolute atomic E-state index is 0.384. The fraction of sp³-hybridized carbons (Fsp3) is 1.00. The molecule has 0 spiro atoms. The third-order valence-electron chi connectivity index (χ3n) is 2.98. The molecular weight excluding hydrogens is 448 g/mol. The van der Waals surface area contributed by atoms with Crippen LogP contribution in [0.2, 0.25) is 0 Å². The Morgan fingerprint density at radius 1 is 1.41 bits per heavy atom. The fourth-order valence-corrected chi connectivity index (χ4v) is 1.65. The lowest BCUT2D eigenvalue weighted by molar-refractivity contribution is 0.0511. The normalized spacial score (nSPS) is 33.3. The van der Waals surface area contributed by atoms with Crippen LogP contribution in [0.5, 0.6) is 0 Å². The molecule has 0 amide bonds. The number of rotatable bonds is 4. The number of halogens is 2. The third-order valence-corrected chi connectivity index (χ3v) is 5.69. The minimum Gasteiger partial charge on any atom is -0.428 e. The van der Waals surface area contributed by atoms with Crippen molar-refractivity contribution in [1.29, 1.82) is 0 Å². The predicted octanol–water partition coefficient (Wildman–Crippen LogP) is 2.12. The van der Waals surface area contributed by atoms with E-state index in [9.17, 15) is 5.11 Å². The van der Waals surface area contributed by atoms with Gasteiger partial charge in [-0.25, -0.2) is 0 Å². The highest BCUT2D eigenvalue weighted by Crippen LogP contribution is 2.42. The average Bonchev–Trinajstić information content (AvgIpc) is 2.32. The van der Waals surface area contributed by atoms with Crippen molar-refractivity contribution in [1.82, 2.24) is 0 Å². The van der Waals surface area contributed by atoms with Crippen molar-refractivity contribution >= 4 is 59.6 Å². The largest absolute Gasteiger partial charge is 0.440 e. The SMILES string of the molecule is CC(O)C(C)(I)O[B]B1OC(C)(C)C(C)(I)O1. The van der Waals surface area contributed by atoms with Gasteiger partial charge in [0.25, 0.3) is 0 Å². The van der Waals surface area contributed by atoms with E-state index in [1.165, 1.54) is 7.37 Å². The first-order chi connectivity index (χ1) is 7.48. The van der Waals surface area contributed by atoms with E-state index in [1.54, 1.807) is 13.8 Å². The van der Waals surface area contributed by atoms with Crippen molar-refractivity contribution < 1.29 is 19.1 Å². The first-order valence-electron chi connectivity index (χ1n) is 5.41. The van der Waals surface area contributed by atoms with E-state index in [1.807, 2.05) is 20.8 Å². The smallest absolute Gasteiger partial charge is 0.428 e. The van der Waals surface area contributed by atoms with Crippen LogP contribution in [0, 0.1) is 0 Å². The topological polar surface area (TPSA) is 47.9 Å². The zero-order valence-electron chi connectivity index (χ0n) is 10.7. The zero-order valence-corrected chi connectivity index (χ0v) is 15.0. The lowest BCUT2D eigenvalue weighted by Gasteiger charge is -2.30. The summed E-state index contributed by atoms with van der Waals surface area (Å²) in [5.41, 5.74) is -0.384. The number of aliphatic hydroxyl groups is 1. The molecule has 4 nitrogen and oxygen atoms in total. The molecule has 0 aliphatic carbocycles. The lowest BCUT2D eigenvalue weighted by Crippen LogP contribution is -2.40. The first kappa shape index (κ1) is 16.5. The van der Waals surface area contributed by atoms with Gasteiger partial charge in [-0.05, 0) is 79.8 Å². The van der Waals surface area contributed by atoms with E-state index in [4.69, 9.17) is 14.0 Å². The van der Waals surface area contributed by atoms with E-state index >= 15 is 0 Å². The predicted molar refractivity (Wildman–Crippen MR) is 85.4 cm³/mol. The number of alkyl halides is 2. The van der Waals surface area contributed by atoms with Crippen molar-refractivity contribution in [2.24, 2.45) is 0 Å². The molecule has 0 saturated carbocycles. The molecule has 3 atom stereocenters. The van der Waals surface area contributed by atoms with E-state index in [0.29, 0.717) is 0 Å². The Labute approximate surface area is 131 Å². The van der Waals surface area contributed by atoms with Crippen LogP contribution in [0.4, 0.5) is 0 Å². The summed E-state index contributed by atoms with van der Waals surface area (Å²) in [6.45, 7) is 9.41. The summed E-state index contributed by atoms with van der Waals surface area (Å²) in [6.07, 6.45) is -0.584. The fourth-order valence-electron chi connectivity index (χ4n) is 1.12. The van der Waals surface area contributed by atoms with Gasteiger partial charge in [0, 0.05) is 0 Å². The maximum atomic E-state index is 9.52. The van der Waals surface area contributed by atoms with Crippen LogP contribution in [-0.2, 0) is 14.0 Å². The summed E-state index contributed by atoms with van der Waals surface area (Å²) in [7, 11) is 0.991. The molecule has 1 fully saturated rings. The van der Waals surface area contributed by atoms with Crippen LogP contribution in [0.1, 0.15) is 34.6 Å². The molecule has 3 unspecified atom stereocenters. The Bertz CT molecular complexity index is 268. The third kappa shape index (κ3) is 3.95. The summed E-state index contributed by atoms with van der Waals surface area (Å²) in [6, 6.07) is 0. The average molecular weight is 465 g/mol. The van der Waals surface area contributed by atoms with Crippen LogP contribution in [-0.4, -0.2) is 38.4 Å². The van der Waals surface area contributed by atoms with Crippen molar-refractivity contribution in [3.63, 3.8) is 0 Å². The maximum Gasteiger partial charge on any atom is 0.440 e. The van der Waals surface area contributed by atoms with Crippen LogP contribution >= 0.6 is 45.2 Å². The van der Waals surface area contributed by atoms with E-state index in [-0.39, 0.29) is 5.60 Å². The number of aliphatic hydroxyl groups excluding tert-OH is 1. The van der Waals surface area contributed by atoms with Gasteiger partial charge in [-0.1, -0.05) is 0 Å². The quantitative estimate of drug-likeness (QED) is 0.393. The van der Waals surface area contributed by atoms with Gasteiger partial charge in [0.1, 0.15) is 7.22 Å². The molecule has 1 aliphatic rings. The summed E-state index contributed by atoms with van der Waals surface area (Å²) >= 11 is 4.28. The highest BCUT2D eigenvalue weighted by atomic mass is 127. The maximum absolute atomic E-state index is 9.52. The Morgan fingerprint density at radius 2 is 1.94 bits per heavy atom. The Balaban J connectivity index is 2.52. The Hall–Kier alpha value is 1.43. The zero-order chi connectivity index (χ0) is 13.5. The van der Waals surface area contributed by atoms with Gasteiger partial charge >= 0.3 is 14.4 Å². The first-order valence-corrected chi connectivity index (χ1v) is 7.56. The Morgan fingerprint density at radius 3 is 2.29 bits per heavy atom. The van der Waals surface area contributed by atoms with Gasteiger partial charge in [0.15, 0.2) is 0 Å². The van der Waals surface area contributed by atoms with Gasteiger partial charge in [-0.2, -0.15) is 0 Å². The van der Waals surface area contributed by atoms with Crippen molar-refractivity contribution in [2.45, 2.75) is 53.5 Å². The van der Waals surface area contributed by atoms with Crippen LogP contribution in [0.25, 0.3) is 0 Å². The molecule has 1 N–H and O–H groups in total. The molecule has 0 bridgehead atoms. The molecule has 0 aromatic carbocycles. The summed E-state index contributed by atoms with van der Waals surface area (Å²) < 4.78 is 15.9. The molecule has 17 heavy (non-hydrogen) atoms. The second-order valence-corrected chi connectivity index (χ2v) is 9.15. The highest BCUT2D eigenvalue weighted by molar-refractivity contribution is 14.1. The molecule has 1 aliphatic heterocycles. The van der Waals surface area contributed by atoms with Crippen molar-refractivity contribution in [3.8, 4) is 0 Å². The molecule has 1 saturated heterocycles. The van der Waals surface area contributed by atoms with Gasteiger partial charge in [-0.15, -0.1) is 0 Å². The van der Waals surface area contributed by atoms with Gasteiger partial charge in [0.2, 0.25) is 0 Å².